The summed E-state index contributed by atoms with van der Waals surface area (Å²) >= 11 is 0. The molecule has 1 atom stereocenters. The number of nitrogens with one attached hydrogen (secondary N) is 1. The lowest BCUT2D eigenvalue weighted by atomic mass is 9.79. The Morgan fingerprint density at radius 3 is 2.12 bits per heavy atom. The molecule has 0 radical (unpaired) electrons. The van der Waals surface area contributed by atoms with Gasteiger partial charge in [0.25, 0.3) is 10.0 Å². The predicted octanol–water partition coefficient (Wildman–Crippen LogP) is 4.76. The summed E-state index contributed by atoms with van der Waals surface area (Å²) in [6.45, 7) is 5.83. The van der Waals surface area contributed by atoms with Crippen molar-refractivity contribution in [3.05, 3.63) is 90.5 Å². The van der Waals surface area contributed by atoms with Crippen LogP contribution in [0.25, 0.3) is 0 Å². The van der Waals surface area contributed by atoms with Crippen molar-refractivity contribution in [1.82, 2.24) is 5.32 Å². The van der Waals surface area contributed by atoms with Crippen molar-refractivity contribution < 1.29 is 17.9 Å². The maximum Gasteiger partial charge on any atom is 0.264 e. The Bertz CT molecular complexity index is 1200. The third-order valence-corrected chi connectivity index (χ3v) is 7.53. The van der Waals surface area contributed by atoms with Crippen molar-refractivity contribution in [2.24, 2.45) is 0 Å². The number of nitrogens with zero attached hydrogens (tertiary/aromatic N) is 1. The van der Waals surface area contributed by atoms with Gasteiger partial charge in [0.05, 0.1) is 17.7 Å². The standard InChI is InChI=1S/C27H32N2O4S/c1-21(19-27(2,3)22-13-7-5-8-14-22)28-26(30)20-29(24-17-11-12-18-25(24)33-4)34(31,32)23-15-9-6-10-16-23/h5-18,21H,19-20H2,1-4H3,(H,28,30). The van der Waals surface area contributed by atoms with Gasteiger partial charge < -0.3 is 10.1 Å². The normalized spacial score (nSPS) is 12.6. The van der Waals surface area contributed by atoms with E-state index in [4.69, 9.17) is 4.74 Å². The van der Waals surface area contributed by atoms with Crippen molar-refractivity contribution in [2.75, 3.05) is 18.0 Å². The highest BCUT2D eigenvalue weighted by Crippen LogP contribution is 2.32. The van der Waals surface area contributed by atoms with Crippen LogP contribution >= 0.6 is 0 Å². The molecule has 1 unspecified atom stereocenters. The van der Waals surface area contributed by atoms with E-state index in [1.54, 1.807) is 42.5 Å². The van der Waals surface area contributed by atoms with Crippen molar-refractivity contribution in [3.8, 4) is 5.75 Å². The van der Waals surface area contributed by atoms with Crippen LogP contribution in [-0.2, 0) is 20.2 Å². The number of amides is 1. The SMILES string of the molecule is COc1ccccc1N(CC(=O)NC(C)CC(C)(C)c1ccccc1)S(=O)(=O)c1ccccc1. The average Bonchev–Trinajstić information content (AvgIpc) is 2.83. The Balaban J connectivity index is 1.83. The maximum atomic E-state index is 13.5. The molecule has 0 saturated carbocycles. The van der Waals surface area contributed by atoms with E-state index in [0.717, 1.165) is 4.31 Å². The molecule has 180 valence electrons. The van der Waals surface area contributed by atoms with E-state index >= 15 is 0 Å². The molecule has 0 spiro atoms. The van der Waals surface area contributed by atoms with E-state index in [9.17, 15) is 13.2 Å². The van der Waals surface area contributed by atoms with Crippen LogP contribution in [0.3, 0.4) is 0 Å². The molecular weight excluding hydrogens is 448 g/mol. The number of ether oxygens (including phenoxy) is 1. The highest BCUT2D eigenvalue weighted by molar-refractivity contribution is 7.92. The second-order valence-electron chi connectivity index (χ2n) is 8.92. The molecule has 3 aromatic rings. The molecule has 0 fully saturated rings. The van der Waals surface area contributed by atoms with Crippen LogP contribution < -0.4 is 14.4 Å². The van der Waals surface area contributed by atoms with Crippen LogP contribution in [-0.4, -0.2) is 34.0 Å². The minimum atomic E-state index is -4.00. The van der Waals surface area contributed by atoms with Gasteiger partial charge in [0, 0.05) is 6.04 Å². The van der Waals surface area contributed by atoms with Gasteiger partial charge in [-0.25, -0.2) is 8.42 Å². The van der Waals surface area contributed by atoms with Gasteiger partial charge in [-0.05, 0) is 48.6 Å². The number of hydrogen-bond donors (Lipinski definition) is 1. The van der Waals surface area contributed by atoms with E-state index in [1.807, 2.05) is 25.1 Å². The van der Waals surface area contributed by atoms with E-state index in [-0.39, 0.29) is 28.8 Å². The molecule has 3 aromatic carbocycles. The van der Waals surface area contributed by atoms with E-state index in [0.29, 0.717) is 17.9 Å². The van der Waals surface area contributed by atoms with Gasteiger partial charge in [0.15, 0.2) is 0 Å². The monoisotopic (exact) mass is 480 g/mol. The summed E-state index contributed by atoms with van der Waals surface area (Å²) < 4.78 is 33.6. The van der Waals surface area contributed by atoms with Crippen LogP contribution in [0.2, 0.25) is 0 Å². The summed E-state index contributed by atoms with van der Waals surface area (Å²) in [6, 6.07) is 24.8. The minimum absolute atomic E-state index is 0.104. The van der Waals surface area contributed by atoms with Gasteiger partial charge in [0.1, 0.15) is 12.3 Å². The zero-order valence-electron chi connectivity index (χ0n) is 20.1. The third kappa shape index (κ3) is 5.97. The highest BCUT2D eigenvalue weighted by atomic mass is 32.2. The van der Waals surface area contributed by atoms with Crippen LogP contribution in [0, 0.1) is 0 Å². The molecule has 0 bridgehead atoms. The summed E-state index contributed by atoms with van der Waals surface area (Å²) in [5.41, 5.74) is 1.33. The fraction of sp³-hybridized carbons (Fsp3) is 0.296. The number of anilines is 1. The molecule has 0 aromatic heterocycles. The first-order valence-electron chi connectivity index (χ1n) is 11.2. The summed E-state index contributed by atoms with van der Waals surface area (Å²) in [5, 5.41) is 2.98. The lowest BCUT2D eigenvalue weighted by molar-refractivity contribution is -0.120. The Hall–Kier alpha value is -3.32. The average molecular weight is 481 g/mol. The largest absolute Gasteiger partial charge is 0.495 e. The van der Waals surface area contributed by atoms with Gasteiger partial charge in [0.2, 0.25) is 5.91 Å². The number of rotatable bonds is 10. The summed E-state index contributed by atoms with van der Waals surface area (Å²) in [4.78, 5) is 13.2. The Labute approximate surface area is 202 Å². The topological polar surface area (TPSA) is 75.7 Å². The number of carbonyl (C=O) groups is 1. The molecule has 0 aliphatic carbocycles. The molecule has 7 heteroatoms. The quantitative estimate of drug-likeness (QED) is 0.454. The van der Waals surface area contributed by atoms with Crippen LogP contribution in [0.4, 0.5) is 5.69 Å². The van der Waals surface area contributed by atoms with Crippen LogP contribution in [0.1, 0.15) is 32.8 Å². The van der Waals surface area contributed by atoms with Crippen molar-refractivity contribution in [1.29, 1.82) is 0 Å². The molecule has 0 aliphatic rings. The number of para-hydroxylation sites is 2. The Morgan fingerprint density at radius 2 is 1.50 bits per heavy atom. The highest BCUT2D eigenvalue weighted by Gasteiger charge is 2.30. The first-order valence-corrected chi connectivity index (χ1v) is 12.6. The minimum Gasteiger partial charge on any atom is -0.495 e. The van der Waals surface area contributed by atoms with E-state index in [1.165, 1.54) is 24.8 Å². The number of sulfonamides is 1. The molecule has 1 amide bonds. The molecule has 0 aliphatic heterocycles. The molecule has 0 heterocycles. The van der Waals surface area contributed by atoms with Gasteiger partial charge in [-0.2, -0.15) is 0 Å². The zero-order valence-corrected chi connectivity index (χ0v) is 20.9. The second-order valence-corrected chi connectivity index (χ2v) is 10.8. The molecule has 6 nitrogen and oxygen atoms in total. The smallest absolute Gasteiger partial charge is 0.264 e. The number of benzene rings is 3. The van der Waals surface area contributed by atoms with Gasteiger partial charge in [-0.15, -0.1) is 0 Å². The second kappa shape index (κ2) is 10.7. The lowest BCUT2D eigenvalue weighted by Crippen LogP contribution is -2.45. The number of carbonyl (C=O) groups excluding carboxylic acids is 1. The predicted molar refractivity (Wildman–Crippen MR) is 136 cm³/mol. The molecular formula is C27H32N2O4S. The van der Waals surface area contributed by atoms with Crippen molar-refractivity contribution >= 4 is 21.6 Å². The molecule has 34 heavy (non-hydrogen) atoms. The molecule has 3 rings (SSSR count). The van der Waals surface area contributed by atoms with E-state index in [2.05, 4.69) is 31.3 Å². The number of hydrogen-bond acceptors (Lipinski definition) is 4. The van der Waals surface area contributed by atoms with Crippen molar-refractivity contribution in [3.63, 3.8) is 0 Å². The first kappa shape index (κ1) is 25.3. The Morgan fingerprint density at radius 1 is 0.941 bits per heavy atom. The summed E-state index contributed by atoms with van der Waals surface area (Å²) in [7, 11) is -2.53. The van der Waals surface area contributed by atoms with E-state index < -0.39 is 10.0 Å². The van der Waals surface area contributed by atoms with Gasteiger partial charge in [-0.1, -0.05) is 74.5 Å². The fourth-order valence-electron chi connectivity index (χ4n) is 4.13. The first-order chi connectivity index (χ1) is 16.1. The summed E-state index contributed by atoms with van der Waals surface area (Å²) in [5.74, 6) is -0.0187. The summed E-state index contributed by atoms with van der Waals surface area (Å²) in [6.07, 6.45) is 0.697. The lowest BCUT2D eigenvalue weighted by Gasteiger charge is -2.30. The zero-order chi connectivity index (χ0) is 24.8. The maximum absolute atomic E-state index is 13.5. The van der Waals surface area contributed by atoms with Crippen LogP contribution in [0.5, 0.6) is 5.75 Å². The third-order valence-electron chi connectivity index (χ3n) is 5.75. The van der Waals surface area contributed by atoms with Crippen molar-refractivity contribution in [2.45, 2.75) is 43.5 Å². The fourth-order valence-corrected chi connectivity index (χ4v) is 5.58. The molecule has 1 N–H and O–H groups in total. The Kier molecular flexibility index (Phi) is 7.99. The van der Waals surface area contributed by atoms with Gasteiger partial charge in [-0.3, -0.25) is 9.10 Å². The number of methoxy groups -OCH3 is 1. The van der Waals surface area contributed by atoms with Crippen LogP contribution in [0.15, 0.2) is 89.8 Å². The van der Waals surface area contributed by atoms with Gasteiger partial charge >= 0.3 is 0 Å². The molecule has 0 saturated heterocycles.